The van der Waals surface area contributed by atoms with Gasteiger partial charge in [-0.25, -0.2) is 18.1 Å². The van der Waals surface area contributed by atoms with Gasteiger partial charge in [0.15, 0.2) is 11.5 Å². The van der Waals surface area contributed by atoms with Gasteiger partial charge in [-0.2, -0.15) is 0 Å². The van der Waals surface area contributed by atoms with Gasteiger partial charge in [0, 0.05) is 12.5 Å². The topological polar surface area (TPSA) is 81.4 Å². The van der Waals surface area contributed by atoms with E-state index in [0.717, 1.165) is 5.52 Å². The number of fused-ring (bicyclic) bond motifs is 1. The molecule has 0 saturated carbocycles. The summed E-state index contributed by atoms with van der Waals surface area (Å²) >= 11 is 0. The minimum atomic E-state index is -3.68. The lowest BCUT2D eigenvalue weighted by Crippen LogP contribution is -2.28. The maximum absolute atomic E-state index is 12.5. The summed E-state index contributed by atoms with van der Waals surface area (Å²) < 4.78 is 38.3. The van der Waals surface area contributed by atoms with Crippen LogP contribution in [0.2, 0.25) is 0 Å². The fourth-order valence-electron chi connectivity index (χ4n) is 2.34. The summed E-state index contributed by atoms with van der Waals surface area (Å²) in [5.41, 5.74) is 1.44. The van der Waals surface area contributed by atoms with E-state index in [1.807, 2.05) is 31.2 Å². The number of oxazole rings is 1. The number of rotatable bonds is 6. The third-order valence-corrected chi connectivity index (χ3v) is 5.13. The zero-order valence-corrected chi connectivity index (χ0v) is 14.2. The third-order valence-electron chi connectivity index (χ3n) is 3.67. The van der Waals surface area contributed by atoms with Crippen molar-refractivity contribution in [3.8, 4) is 5.75 Å². The standard InChI is InChI=1S/C17H18N2O4S/c1-12(17-19-13-7-3-4-8-14(13)23-17)11-18-24(20,21)16-10-6-5-9-15(16)22-2/h3-10,12,18H,11H2,1-2H3/t12-/m1/s1. The highest BCUT2D eigenvalue weighted by Gasteiger charge is 2.21. The zero-order valence-electron chi connectivity index (χ0n) is 13.4. The van der Waals surface area contributed by atoms with Crippen molar-refractivity contribution in [1.82, 2.24) is 9.71 Å². The first kappa shape index (κ1) is 16.5. The second kappa shape index (κ2) is 6.62. The molecule has 1 heterocycles. The largest absolute Gasteiger partial charge is 0.495 e. The molecule has 7 heteroatoms. The number of benzene rings is 2. The zero-order chi connectivity index (χ0) is 17.2. The van der Waals surface area contributed by atoms with Crippen LogP contribution in [0.25, 0.3) is 11.1 Å². The van der Waals surface area contributed by atoms with Crippen molar-refractivity contribution in [2.45, 2.75) is 17.7 Å². The molecule has 0 radical (unpaired) electrons. The Bertz CT molecular complexity index is 917. The maximum atomic E-state index is 12.5. The fraction of sp³-hybridized carbons (Fsp3) is 0.235. The van der Waals surface area contributed by atoms with Crippen molar-refractivity contribution < 1.29 is 17.6 Å². The third kappa shape index (κ3) is 3.27. The molecular formula is C17H18N2O4S. The Morgan fingerprint density at radius 3 is 2.62 bits per heavy atom. The average Bonchev–Trinajstić information content (AvgIpc) is 3.04. The van der Waals surface area contributed by atoms with Crippen LogP contribution in [0.5, 0.6) is 5.75 Å². The second-order valence-electron chi connectivity index (χ2n) is 5.42. The number of hydrogen-bond donors (Lipinski definition) is 1. The highest BCUT2D eigenvalue weighted by molar-refractivity contribution is 7.89. The Labute approximate surface area is 140 Å². The van der Waals surface area contributed by atoms with Gasteiger partial charge in [-0.05, 0) is 24.3 Å². The SMILES string of the molecule is COc1ccccc1S(=O)(=O)NC[C@@H](C)c1nc2ccccc2o1. The van der Waals surface area contributed by atoms with Gasteiger partial charge < -0.3 is 9.15 Å². The van der Waals surface area contributed by atoms with E-state index in [4.69, 9.17) is 9.15 Å². The number of aromatic nitrogens is 1. The average molecular weight is 346 g/mol. The summed E-state index contributed by atoms with van der Waals surface area (Å²) in [5.74, 6) is 0.598. The summed E-state index contributed by atoms with van der Waals surface area (Å²) in [6.07, 6.45) is 0. The maximum Gasteiger partial charge on any atom is 0.244 e. The monoisotopic (exact) mass is 346 g/mol. The van der Waals surface area contributed by atoms with Gasteiger partial charge in [0.25, 0.3) is 0 Å². The Kier molecular flexibility index (Phi) is 4.55. The number of para-hydroxylation sites is 3. The summed E-state index contributed by atoms with van der Waals surface area (Å²) in [5, 5.41) is 0. The van der Waals surface area contributed by atoms with Crippen molar-refractivity contribution >= 4 is 21.1 Å². The minimum Gasteiger partial charge on any atom is -0.495 e. The van der Waals surface area contributed by atoms with Gasteiger partial charge in [0.05, 0.1) is 7.11 Å². The molecule has 0 spiro atoms. The first-order valence-electron chi connectivity index (χ1n) is 7.49. The van der Waals surface area contributed by atoms with Crippen LogP contribution in [0.1, 0.15) is 18.7 Å². The van der Waals surface area contributed by atoms with E-state index in [0.29, 0.717) is 17.2 Å². The van der Waals surface area contributed by atoms with Gasteiger partial charge in [0.1, 0.15) is 16.2 Å². The predicted molar refractivity (Wildman–Crippen MR) is 90.6 cm³/mol. The lowest BCUT2D eigenvalue weighted by molar-refractivity contribution is 0.402. The molecule has 1 N–H and O–H groups in total. The molecule has 126 valence electrons. The molecule has 0 unspecified atom stereocenters. The molecule has 3 aromatic rings. The number of ether oxygens (including phenoxy) is 1. The highest BCUT2D eigenvalue weighted by Crippen LogP contribution is 2.24. The van der Waals surface area contributed by atoms with Crippen LogP contribution < -0.4 is 9.46 Å². The number of nitrogens with one attached hydrogen (secondary N) is 1. The van der Waals surface area contributed by atoms with Gasteiger partial charge in [-0.1, -0.05) is 31.2 Å². The van der Waals surface area contributed by atoms with Crippen molar-refractivity contribution in [2.24, 2.45) is 0 Å². The molecule has 0 aliphatic carbocycles. The summed E-state index contributed by atoms with van der Waals surface area (Å²) in [6.45, 7) is 2.03. The quantitative estimate of drug-likeness (QED) is 0.742. The summed E-state index contributed by atoms with van der Waals surface area (Å²) in [6, 6.07) is 13.9. The number of nitrogens with zero attached hydrogens (tertiary/aromatic N) is 1. The molecule has 2 aromatic carbocycles. The van der Waals surface area contributed by atoms with E-state index in [1.54, 1.807) is 18.2 Å². The van der Waals surface area contributed by atoms with Crippen LogP contribution in [0.3, 0.4) is 0 Å². The van der Waals surface area contributed by atoms with Crippen LogP contribution in [-0.2, 0) is 10.0 Å². The molecule has 6 nitrogen and oxygen atoms in total. The Morgan fingerprint density at radius 1 is 1.17 bits per heavy atom. The van der Waals surface area contributed by atoms with Crippen molar-refractivity contribution in [3.63, 3.8) is 0 Å². The highest BCUT2D eigenvalue weighted by atomic mass is 32.2. The van der Waals surface area contributed by atoms with Crippen LogP contribution >= 0.6 is 0 Å². The lowest BCUT2D eigenvalue weighted by Gasteiger charge is -2.12. The molecule has 0 aliphatic rings. The Balaban J connectivity index is 1.76. The van der Waals surface area contributed by atoms with E-state index in [9.17, 15) is 8.42 Å². The van der Waals surface area contributed by atoms with Crippen molar-refractivity contribution in [1.29, 1.82) is 0 Å². The lowest BCUT2D eigenvalue weighted by atomic mass is 10.2. The second-order valence-corrected chi connectivity index (χ2v) is 7.16. The first-order valence-corrected chi connectivity index (χ1v) is 8.98. The number of hydrogen-bond acceptors (Lipinski definition) is 5. The smallest absolute Gasteiger partial charge is 0.244 e. The molecule has 0 amide bonds. The number of sulfonamides is 1. The van der Waals surface area contributed by atoms with Crippen LogP contribution in [0.15, 0.2) is 57.8 Å². The molecule has 3 rings (SSSR count). The van der Waals surface area contributed by atoms with E-state index in [1.165, 1.54) is 13.2 Å². The molecular weight excluding hydrogens is 328 g/mol. The van der Waals surface area contributed by atoms with Crippen molar-refractivity contribution in [2.75, 3.05) is 13.7 Å². The van der Waals surface area contributed by atoms with Gasteiger partial charge in [0.2, 0.25) is 10.0 Å². The Morgan fingerprint density at radius 2 is 1.88 bits per heavy atom. The molecule has 0 aliphatic heterocycles. The van der Waals surface area contributed by atoms with Crippen LogP contribution in [0, 0.1) is 0 Å². The van der Waals surface area contributed by atoms with Gasteiger partial charge >= 0.3 is 0 Å². The molecule has 1 atom stereocenters. The fourth-order valence-corrected chi connectivity index (χ4v) is 3.64. The predicted octanol–water partition coefficient (Wildman–Crippen LogP) is 2.92. The van der Waals surface area contributed by atoms with Crippen LogP contribution in [-0.4, -0.2) is 27.1 Å². The normalized spacial score (nSPS) is 13.1. The van der Waals surface area contributed by atoms with E-state index in [2.05, 4.69) is 9.71 Å². The summed E-state index contributed by atoms with van der Waals surface area (Å²) in [7, 11) is -2.24. The summed E-state index contributed by atoms with van der Waals surface area (Å²) in [4.78, 5) is 4.50. The molecule has 0 fully saturated rings. The molecule has 0 saturated heterocycles. The molecule has 1 aromatic heterocycles. The van der Waals surface area contributed by atoms with Crippen molar-refractivity contribution in [3.05, 3.63) is 54.4 Å². The van der Waals surface area contributed by atoms with Gasteiger partial charge in [-0.15, -0.1) is 0 Å². The van der Waals surface area contributed by atoms with Gasteiger partial charge in [-0.3, -0.25) is 0 Å². The molecule has 24 heavy (non-hydrogen) atoms. The molecule has 0 bridgehead atoms. The van der Waals surface area contributed by atoms with E-state index < -0.39 is 10.0 Å². The van der Waals surface area contributed by atoms with Crippen LogP contribution in [0.4, 0.5) is 0 Å². The first-order chi connectivity index (χ1) is 11.5. The van der Waals surface area contributed by atoms with E-state index in [-0.39, 0.29) is 17.4 Å². The Hall–Kier alpha value is -2.38. The van der Waals surface area contributed by atoms with E-state index >= 15 is 0 Å². The minimum absolute atomic E-state index is 0.109. The number of methoxy groups -OCH3 is 1.